The van der Waals surface area contributed by atoms with E-state index in [-0.39, 0.29) is 55.7 Å². The summed E-state index contributed by atoms with van der Waals surface area (Å²) < 4.78 is 13.0. The molecular weight excluding hydrogens is 387 g/mol. The Labute approximate surface area is 174 Å². The first kappa shape index (κ1) is 21.2. The lowest BCUT2D eigenvalue weighted by Gasteiger charge is -2.23. The molecule has 3 rings (SSSR count). The third-order valence-electron chi connectivity index (χ3n) is 4.58. The van der Waals surface area contributed by atoms with Crippen LogP contribution in [0.5, 0.6) is 0 Å². The maximum atomic E-state index is 13.0. The summed E-state index contributed by atoms with van der Waals surface area (Å²) in [7, 11) is 0. The molecule has 0 bridgehead atoms. The second-order valence-electron chi connectivity index (χ2n) is 6.89. The molecule has 0 unspecified atom stereocenters. The van der Waals surface area contributed by atoms with Crippen LogP contribution in [0.2, 0.25) is 0 Å². The van der Waals surface area contributed by atoms with Crippen molar-refractivity contribution in [2.75, 3.05) is 6.54 Å². The third-order valence-corrected chi connectivity index (χ3v) is 4.58. The molecule has 0 atom stereocenters. The number of amides is 3. The summed E-state index contributed by atoms with van der Waals surface area (Å²) in [4.78, 5) is 36.4. The fourth-order valence-electron chi connectivity index (χ4n) is 2.93. The third kappa shape index (κ3) is 6.23. The highest BCUT2D eigenvalue weighted by Crippen LogP contribution is 2.14. The summed E-state index contributed by atoms with van der Waals surface area (Å²) >= 11 is 0. The Morgan fingerprint density at radius 2 is 1.70 bits per heavy atom. The van der Waals surface area contributed by atoms with Gasteiger partial charge in [0, 0.05) is 32.4 Å². The monoisotopic (exact) mass is 410 g/mol. The minimum atomic E-state index is -0.400. The second kappa shape index (κ2) is 10.3. The van der Waals surface area contributed by atoms with Crippen molar-refractivity contribution < 1.29 is 18.8 Å². The van der Waals surface area contributed by atoms with E-state index < -0.39 is 5.91 Å². The van der Waals surface area contributed by atoms with Crippen LogP contribution in [0, 0.1) is 5.82 Å². The zero-order valence-electron chi connectivity index (χ0n) is 16.4. The Morgan fingerprint density at radius 1 is 0.967 bits per heavy atom. The molecule has 2 aromatic carbocycles. The smallest absolute Gasteiger partial charge is 0.267 e. The van der Waals surface area contributed by atoms with Crippen molar-refractivity contribution >= 4 is 23.4 Å². The van der Waals surface area contributed by atoms with E-state index in [0.29, 0.717) is 12.1 Å². The normalized spacial score (nSPS) is 13.6. The molecule has 1 aliphatic rings. The Hall–Kier alpha value is -3.55. The fraction of sp³-hybridized carbons (Fsp3) is 0.273. The van der Waals surface area contributed by atoms with Gasteiger partial charge in [-0.3, -0.25) is 14.4 Å². The van der Waals surface area contributed by atoms with E-state index in [9.17, 15) is 18.8 Å². The van der Waals surface area contributed by atoms with Crippen LogP contribution in [0.4, 0.5) is 4.39 Å². The number of nitrogens with one attached hydrogen (secondary N) is 2. The van der Waals surface area contributed by atoms with Crippen molar-refractivity contribution in [3.8, 4) is 0 Å². The van der Waals surface area contributed by atoms with Crippen LogP contribution in [0.25, 0.3) is 0 Å². The largest absolute Gasteiger partial charge is 0.352 e. The van der Waals surface area contributed by atoms with E-state index in [4.69, 9.17) is 0 Å². The number of carbonyl (C=O) groups excluding carboxylic acids is 3. The highest BCUT2D eigenvalue weighted by atomic mass is 19.1. The minimum absolute atomic E-state index is 0.143. The van der Waals surface area contributed by atoms with Gasteiger partial charge in [0.1, 0.15) is 11.5 Å². The molecule has 0 spiro atoms. The maximum absolute atomic E-state index is 13.0. The highest BCUT2D eigenvalue weighted by molar-refractivity contribution is 6.39. The number of benzene rings is 2. The number of hydrogen-bond acceptors (Lipinski definition) is 4. The van der Waals surface area contributed by atoms with Gasteiger partial charge in [0.15, 0.2) is 0 Å². The van der Waals surface area contributed by atoms with Crippen molar-refractivity contribution in [1.29, 1.82) is 0 Å². The topological polar surface area (TPSA) is 90.9 Å². The molecule has 156 valence electrons. The number of carbonyl (C=O) groups is 3. The average Bonchev–Trinajstić information content (AvgIpc) is 2.76. The van der Waals surface area contributed by atoms with E-state index in [1.165, 1.54) is 17.1 Å². The van der Waals surface area contributed by atoms with Gasteiger partial charge in [0.05, 0.1) is 6.54 Å². The van der Waals surface area contributed by atoms with Gasteiger partial charge in [-0.15, -0.1) is 0 Å². The van der Waals surface area contributed by atoms with E-state index in [1.54, 1.807) is 12.1 Å². The fourth-order valence-corrected chi connectivity index (χ4v) is 2.93. The maximum Gasteiger partial charge on any atom is 0.267 e. The van der Waals surface area contributed by atoms with Gasteiger partial charge in [-0.2, -0.15) is 5.10 Å². The molecule has 0 radical (unpaired) electrons. The number of nitrogens with zero attached hydrogens (tertiary/aromatic N) is 2. The zero-order valence-corrected chi connectivity index (χ0v) is 16.4. The molecular formula is C22H23FN4O3. The van der Waals surface area contributed by atoms with Crippen molar-refractivity contribution in [3.05, 3.63) is 71.5 Å². The summed E-state index contributed by atoms with van der Waals surface area (Å²) in [6.07, 6.45) is 0.555. The van der Waals surface area contributed by atoms with Gasteiger partial charge in [-0.05, 0) is 23.3 Å². The predicted molar refractivity (Wildman–Crippen MR) is 110 cm³/mol. The molecule has 30 heavy (non-hydrogen) atoms. The van der Waals surface area contributed by atoms with Gasteiger partial charge in [0.25, 0.3) is 5.91 Å². The van der Waals surface area contributed by atoms with E-state index in [0.717, 1.165) is 5.56 Å². The number of rotatable bonds is 8. The molecule has 3 amide bonds. The number of hydrogen-bond donors (Lipinski definition) is 2. The van der Waals surface area contributed by atoms with Crippen LogP contribution < -0.4 is 10.6 Å². The molecule has 1 aliphatic heterocycles. The molecule has 0 aliphatic carbocycles. The van der Waals surface area contributed by atoms with E-state index >= 15 is 0 Å². The Bertz CT molecular complexity index is 929. The second-order valence-corrected chi connectivity index (χ2v) is 6.89. The molecule has 0 saturated heterocycles. The van der Waals surface area contributed by atoms with Crippen LogP contribution in [0.3, 0.4) is 0 Å². The quantitative estimate of drug-likeness (QED) is 0.699. The van der Waals surface area contributed by atoms with E-state index in [1.807, 2.05) is 30.3 Å². The average molecular weight is 410 g/mol. The van der Waals surface area contributed by atoms with E-state index in [2.05, 4.69) is 15.7 Å². The molecule has 0 aromatic heterocycles. The lowest BCUT2D eigenvalue weighted by atomic mass is 10.1. The molecule has 2 aromatic rings. The summed E-state index contributed by atoms with van der Waals surface area (Å²) in [5.41, 5.74) is 1.95. The summed E-state index contributed by atoms with van der Waals surface area (Å²) in [6.45, 7) is 0.767. The first-order chi connectivity index (χ1) is 14.5. The lowest BCUT2D eigenvalue weighted by Crippen LogP contribution is -2.40. The van der Waals surface area contributed by atoms with Gasteiger partial charge in [-0.25, -0.2) is 9.40 Å². The van der Waals surface area contributed by atoms with Gasteiger partial charge in [0.2, 0.25) is 11.8 Å². The molecule has 7 nitrogen and oxygen atoms in total. The SMILES string of the molecule is O=C(CCNC(=O)C1=NN(Cc2ccc(F)cc2)C(=O)CC1)NCc1ccccc1. The minimum Gasteiger partial charge on any atom is -0.352 e. The molecule has 2 N–H and O–H groups in total. The first-order valence-corrected chi connectivity index (χ1v) is 9.72. The van der Waals surface area contributed by atoms with Gasteiger partial charge >= 0.3 is 0 Å². The lowest BCUT2D eigenvalue weighted by molar-refractivity contribution is -0.132. The van der Waals surface area contributed by atoms with Crippen molar-refractivity contribution in [1.82, 2.24) is 15.6 Å². The standard InChI is InChI=1S/C22H23FN4O3/c23-18-8-6-17(7-9-18)15-27-21(29)11-10-19(26-27)22(30)24-13-12-20(28)25-14-16-4-2-1-3-5-16/h1-9H,10-15H2,(H,24,30)(H,25,28). The van der Waals surface area contributed by atoms with Crippen LogP contribution in [0.1, 0.15) is 30.4 Å². The molecule has 0 saturated carbocycles. The van der Waals surface area contributed by atoms with Crippen LogP contribution in [0.15, 0.2) is 59.7 Å². The Balaban J connectivity index is 1.46. The summed E-state index contributed by atoms with van der Waals surface area (Å²) in [6, 6.07) is 15.3. The highest BCUT2D eigenvalue weighted by Gasteiger charge is 2.24. The Kier molecular flexibility index (Phi) is 7.26. The van der Waals surface area contributed by atoms with Crippen molar-refractivity contribution in [2.45, 2.75) is 32.4 Å². The summed E-state index contributed by atoms with van der Waals surface area (Å²) in [5.74, 6) is -1.13. The van der Waals surface area contributed by atoms with Crippen LogP contribution in [-0.4, -0.2) is 35.0 Å². The molecule has 1 heterocycles. The summed E-state index contributed by atoms with van der Waals surface area (Å²) in [5, 5.41) is 10.8. The Morgan fingerprint density at radius 3 is 2.43 bits per heavy atom. The number of halogens is 1. The first-order valence-electron chi connectivity index (χ1n) is 9.72. The number of hydrazone groups is 1. The predicted octanol–water partition coefficient (Wildman–Crippen LogP) is 2.13. The zero-order chi connectivity index (χ0) is 21.3. The molecule has 8 heteroatoms. The van der Waals surface area contributed by atoms with Gasteiger partial charge in [-0.1, -0.05) is 42.5 Å². The van der Waals surface area contributed by atoms with Crippen molar-refractivity contribution in [3.63, 3.8) is 0 Å². The van der Waals surface area contributed by atoms with Gasteiger partial charge < -0.3 is 10.6 Å². The van der Waals surface area contributed by atoms with Crippen molar-refractivity contribution in [2.24, 2.45) is 5.10 Å². The molecule has 0 fully saturated rings. The van der Waals surface area contributed by atoms with Crippen LogP contribution >= 0.6 is 0 Å². The van der Waals surface area contributed by atoms with Crippen LogP contribution in [-0.2, 0) is 27.5 Å².